The Morgan fingerprint density at radius 3 is 1.96 bits per heavy atom. The monoisotopic (exact) mass is 821 g/mol. The van der Waals surface area contributed by atoms with E-state index in [-0.39, 0.29) is 20.1 Å². The summed E-state index contributed by atoms with van der Waals surface area (Å²) in [4.78, 5) is 8.92. The van der Waals surface area contributed by atoms with Gasteiger partial charge in [-0.05, 0) is 70.5 Å². The van der Waals surface area contributed by atoms with Crippen LogP contribution in [0, 0.1) is 19.1 Å². The van der Waals surface area contributed by atoms with Crippen LogP contribution in [0.2, 0.25) is 0 Å². The molecule has 0 N–H and O–H groups in total. The third-order valence-electron chi connectivity index (χ3n) is 8.98. The molecule has 0 amide bonds. The second-order valence-corrected chi connectivity index (χ2v) is 12.0. The van der Waals surface area contributed by atoms with Gasteiger partial charge in [0.2, 0.25) is 0 Å². The zero-order valence-corrected chi connectivity index (χ0v) is 29.4. The summed E-state index contributed by atoms with van der Waals surface area (Å²) in [5, 5.41) is 6.71. The van der Waals surface area contributed by atoms with Crippen molar-refractivity contribution in [2.75, 3.05) is 0 Å². The fourth-order valence-corrected chi connectivity index (χ4v) is 6.63. The molecule has 4 aromatic heterocycles. The summed E-state index contributed by atoms with van der Waals surface area (Å²) in [7, 11) is 0. The predicted molar refractivity (Wildman–Crippen MR) is 199 cm³/mol. The molecule has 0 aliphatic heterocycles. The molecule has 10 aromatic rings. The summed E-state index contributed by atoms with van der Waals surface area (Å²) in [6, 6.07) is 53.3. The van der Waals surface area contributed by atoms with Gasteiger partial charge in [0.1, 0.15) is 22.3 Å². The molecule has 0 saturated carbocycles. The van der Waals surface area contributed by atoms with E-state index in [9.17, 15) is 0 Å². The molecular formula is C45H28IrN2O2-2. The Labute approximate surface area is 302 Å². The van der Waals surface area contributed by atoms with Gasteiger partial charge >= 0.3 is 0 Å². The molecule has 0 atom stereocenters. The number of fused-ring (bicyclic) bond motifs is 8. The van der Waals surface area contributed by atoms with Crippen molar-refractivity contribution in [3.8, 4) is 33.6 Å². The number of pyridine rings is 2. The molecule has 0 bridgehead atoms. The van der Waals surface area contributed by atoms with Gasteiger partial charge in [0.25, 0.3) is 0 Å². The fourth-order valence-electron chi connectivity index (χ4n) is 6.63. The smallest absolute Gasteiger partial charge is 0.144 e. The molecule has 0 aliphatic rings. The molecule has 4 nitrogen and oxygen atoms in total. The quantitative estimate of drug-likeness (QED) is 0.167. The number of aromatic nitrogens is 2. The Morgan fingerprint density at radius 2 is 1.22 bits per heavy atom. The van der Waals surface area contributed by atoms with Crippen molar-refractivity contribution in [3.05, 3.63) is 170 Å². The topological polar surface area (TPSA) is 52.1 Å². The van der Waals surface area contributed by atoms with Crippen LogP contribution in [-0.4, -0.2) is 9.97 Å². The third-order valence-corrected chi connectivity index (χ3v) is 8.98. The van der Waals surface area contributed by atoms with Gasteiger partial charge in [-0.25, -0.2) is 0 Å². The molecule has 1 radical (unpaired) electrons. The van der Waals surface area contributed by atoms with Crippen molar-refractivity contribution in [1.29, 1.82) is 0 Å². The first-order valence-electron chi connectivity index (χ1n) is 16.2. The summed E-state index contributed by atoms with van der Waals surface area (Å²) in [5.41, 5.74) is 10.4. The van der Waals surface area contributed by atoms with Gasteiger partial charge < -0.3 is 18.8 Å². The Kier molecular flexibility index (Phi) is 8.29. The van der Waals surface area contributed by atoms with Gasteiger partial charge in [0, 0.05) is 59.6 Å². The van der Waals surface area contributed by atoms with E-state index >= 15 is 0 Å². The maximum atomic E-state index is 6.70. The predicted octanol–water partition coefficient (Wildman–Crippen LogP) is 12.0. The summed E-state index contributed by atoms with van der Waals surface area (Å²) in [6.45, 7) is 2.09. The number of furan rings is 2. The number of para-hydroxylation sites is 1. The van der Waals surface area contributed by atoms with Crippen molar-refractivity contribution in [3.63, 3.8) is 0 Å². The normalized spacial score (nSPS) is 11.1. The van der Waals surface area contributed by atoms with Crippen LogP contribution in [0.25, 0.3) is 88.3 Å². The Bertz CT molecular complexity index is 2730. The van der Waals surface area contributed by atoms with E-state index in [0.717, 1.165) is 88.5 Å². The van der Waals surface area contributed by atoms with Crippen molar-refractivity contribution in [2.45, 2.75) is 6.92 Å². The third kappa shape index (κ3) is 5.57. The molecule has 4 heterocycles. The number of hydrogen-bond donors (Lipinski definition) is 0. The number of benzene rings is 6. The minimum absolute atomic E-state index is 0. The van der Waals surface area contributed by atoms with Crippen molar-refractivity contribution in [2.24, 2.45) is 0 Å². The number of rotatable bonds is 3. The molecule has 6 aromatic carbocycles. The summed E-state index contributed by atoms with van der Waals surface area (Å²) >= 11 is 0. The van der Waals surface area contributed by atoms with Crippen molar-refractivity contribution < 1.29 is 28.9 Å². The van der Waals surface area contributed by atoms with Crippen LogP contribution in [0.15, 0.2) is 161 Å². The molecule has 241 valence electrons. The number of hydrogen-bond acceptors (Lipinski definition) is 4. The van der Waals surface area contributed by atoms with E-state index in [1.807, 2.05) is 85.1 Å². The van der Waals surface area contributed by atoms with E-state index in [1.54, 1.807) is 6.20 Å². The molecule has 0 spiro atoms. The molecule has 50 heavy (non-hydrogen) atoms. The van der Waals surface area contributed by atoms with Crippen LogP contribution in [0.4, 0.5) is 0 Å². The number of aryl methyl sites for hydroxylation is 1. The molecule has 0 aliphatic carbocycles. The molecular weight excluding hydrogens is 793 g/mol. The zero-order chi connectivity index (χ0) is 32.7. The molecule has 0 fully saturated rings. The van der Waals surface area contributed by atoms with Gasteiger partial charge in [0.05, 0.1) is 0 Å². The average Bonchev–Trinajstić information content (AvgIpc) is 3.73. The van der Waals surface area contributed by atoms with Gasteiger partial charge in [-0.2, -0.15) is 0 Å². The van der Waals surface area contributed by atoms with E-state index in [2.05, 4.69) is 84.7 Å². The average molecular weight is 821 g/mol. The Morgan fingerprint density at radius 1 is 0.520 bits per heavy atom. The Balaban J connectivity index is 0.000000236. The second kappa shape index (κ2) is 13.2. The van der Waals surface area contributed by atoms with Crippen LogP contribution in [0.5, 0.6) is 0 Å². The van der Waals surface area contributed by atoms with Gasteiger partial charge in [-0.1, -0.05) is 60.7 Å². The first-order valence-corrected chi connectivity index (χ1v) is 16.2. The first-order chi connectivity index (χ1) is 24.2. The van der Waals surface area contributed by atoms with Gasteiger partial charge in [-0.15, -0.1) is 71.8 Å². The molecule has 10 rings (SSSR count). The second-order valence-electron chi connectivity index (χ2n) is 12.0. The zero-order valence-electron chi connectivity index (χ0n) is 27.0. The number of nitrogens with zero attached hydrogens (tertiary/aromatic N) is 2. The van der Waals surface area contributed by atoms with E-state index < -0.39 is 0 Å². The van der Waals surface area contributed by atoms with Crippen LogP contribution in [0.1, 0.15) is 5.56 Å². The largest absolute Gasteiger partial charge is 0.456 e. The van der Waals surface area contributed by atoms with Gasteiger partial charge in [0.15, 0.2) is 0 Å². The minimum Gasteiger partial charge on any atom is -0.456 e. The van der Waals surface area contributed by atoms with Crippen LogP contribution in [-0.2, 0) is 20.1 Å². The first kappa shape index (κ1) is 31.4. The molecule has 0 saturated heterocycles. The van der Waals surface area contributed by atoms with Crippen LogP contribution in [0.3, 0.4) is 0 Å². The molecule has 0 unspecified atom stereocenters. The van der Waals surface area contributed by atoms with Crippen molar-refractivity contribution >= 4 is 54.6 Å². The maximum absolute atomic E-state index is 6.70. The SMILES string of the molecule is Cc1cnc(-c2[c-]cccc2)cc1-c1cc2oc3ccccc3c2c2c1oc1cc3ccccc3cc12.[Ir].[c-]1ccccc1-c1ccccn1. The van der Waals surface area contributed by atoms with E-state index in [0.29, 0.717) is 0 Å². The Hall–Kier alpha value is -5.87. The minimum atomic E-state index is 0. The summed E-state index contributed by atoms with van der Waals surface area (Å²) in [6.07, 6.45) is 3.72. The van der Waals surface area contributed by atoms with Crippen molar-refractivity contribution in [1.82, 2.24) is 9.97 Å². The maximum Gasteiger partial charge on any atom is 0.144 e. The fraction of sp³-hybridized carbons (Fsp3) is 0.0222. The van der Waals surface area contributed by atoms with E-state index in [1.165, 1.54) is 5.39 Å². The van der Waals surface area contributed by atoms with Gasteiger partial charge in [-0.3, -0.25) is 0 Å². The summed E-state index contributed by atoms with van der Waals surface area (Å²) in [5.74, 6) is 0. The van der Waals surface area contributed by atoms with Crippen LogP contribution >= 0.6 is 0 Å². The standard InChI is InChI=1S/C34H20NO2.C11H8N.Ir/c1-20-19-35-28(21-9-3-2-4-10-21)17-25(20)26-18-31-32(24-13-7-8-14-29(24)36-31)33-27-15-22-11-5-6-12-23(22)16-30(27)37-34(26)33;1-2-6-10(7-3-1)11-8-4-5-9-12-11;/h2-9,11-19H,1H3;1-6,8-9H;/q2*-1;. The van der Waals surface area contributed by atoms with Crippen LogP contribution < -0.4 is 0 Å². The molecule has 5 heteroatoms. The van der Waals surface area contributed by atoms with E-state index in [4.69, 9.17) is 13.8 Å². The summed E-state index contributed by atoms with van der Waals surface area (Å²) < 4.78 is 13.1.